The Balaban J connectivity index is 1.70. The van der Waals surface area contributed by atoms with Gasteiger partial charge in [-0.05, 0) is 67.3 Å². The molecule has 1 aromatic heterocycles. The molecular weight excluding hydrogens is 495 g/mol. The van der Waals surface area contributed by atoms with Crippen molar-refractivity contribution in [1.82, 2.24) is 0 Å². The molecule has 0 spiro atoms. The van der Waals surface area contributed by atoms with Crippen molar-refractivity contribution in [3.63, 3.8) is 0 Å². The predicted octanol–water partition coefficient (Wildman–Crippen LogP) is 7.29. The number of halogens is 3. The topological polar surface area (TPSA) is 59.8 Å². The zero-order valence-electron chi connectivity index (χ0n) is 21.1. The van der Waals surface area contributed by atoms with Crippen LogP contribution >= 0.6 is 0 Å². The smallest absolute Gasteiger partial charge is 0.416 e. The number of hydrogen-bond acceptors (Lipinski definition) is 4. The molecule has 5 rings (SSSR count). The fourth-order valence-electron chi connectivity index (χ4n) is 4.69. The molecule has 3 aromatic carbocycles. The monoisotopic (exact) mass is 521 g/mol. The summed E-state index contributed by atoms with van der Waals surface area (Å²) in [6.07, 6.45) is -3.77. The lowest BCUT2D eigenvalue weighted by molar-refractivity contribution is -0.137. The van der Waals surface area contributed by atoms with Gasteiger partial charge in [-0.1, -0.05) is 43.7 Å². The normalized spacial score (nSPS) is 15.4. The Morgan fingerprint density at radius 2 is 1.76 bits per heavy atom. The van der Waals surface area contributed by atoms with Gasteiger partial charge in [-0.3, -0.25) is 14.5 Å². The minimum absolute atomic E-state index is 0.00647. The molecule has 0 saturated carbocycles. The first kappa shape index (κ1) is 25.6. The highest BCUT2D eigenvalue weighted by atomic mass is 19.4. The molecule has 4 aromatic rings. The van der Waals surface area contributed by atoms with Gasteiger partial charge in [0.25, 0.3) is 5.91 Å². The average molecular weight is 522 g/mol. The van der Waals surface area contributed by atoms with Crippen molar-refractivity contribution in [1.29, 1.82) is 0 Å². The Morgan fingerprint density at radius 3 is 2.50 bits per heavy atom. The van der Waals surface area contributed by atoms with E-state index in [0.717, 1.165) is 24.1 Å². The number of nitrogens with zero attached hydrogens (tertiary/aromatic N) is 1. The van der Waals surface area contributed by atoms with Gasteiger partial charge in [-0.2, -0.15) is 13.2 Å². The van der Waals surface area contributed by atoms with E-state index < -0.39 is 29.1 Å². The third-order valence-corrected chi connectivity index (χ3v) is 6.62. The molecular formula is C30H26F3NO4. The minimum atomic E-state index is -4.61. The van der Waals surface area contributed by atoms with Crippen molar-refractivity contribution >= 4 is 22.6 Å². The molecule has 2 heterocycles. The van der Waals surface area contributed by atoms with Crippen molar-refractivity contribution in [2.24, 2.45) is 5.92 Å². The van der Waals surface area contributed by atoms with Crippen LogP contribution < -0.4 is 15.1 Å². The summed E-state index contributed by atoms with van der Waals surface area (Å²) in [5.41, 5.74) is 0.393. The third kappa shape index (κ3) is 4.66. The molecule has 0 bridgehead atoms. The van der Waals surface area contributed by atoms with Gasteiger partial charge in [-0.15, -0.1) is 0 Å². The quantitative estimate of drug-likeness (QED) is 0.267. The summed E-state index contributed by atoms with van der Waals surface area (Å²) >= 11 is 0. The predicted molar refractivity (Wildman–Crippen MR) is 139 cm³/mol. The molecule has 1 atom stereocenters. The van der Waals surface area contributed by atoms with E-state index in [2.05, 4.69) is 13.8 Å². The number of alkyl halides is 3. The molecule has 5 nitrogen and oxygen atoms in total. The average Bonchev–Trinajstić information content (AvgIpc) is 3.16. The molecule has 0 radical (unpaired) electrons. The van der Waals surface area contributed by atoms with Crippen LogP contribution in [0.5, 0.6) is 5.75 Å². The first-order valence-electron chi connectivity index (χ1n) is 12.4. The molecule has 8 heteroatoms. The van der Waals surface area contributed by atoms with Crippen LogP contribution in [0, 0.1) is 12.8 Å². The van der Waals surface area contributed by atoms with E-state index in [0.29, 0.717) is 29.2 Å². The van der Waals surface area contributed by atoms with E-state index in [-0.39, 0.29) is 22.6 Å². The van der Waals surface area contributed by atoms with Gasteiger partial charge >= 0.3 is 6.18 Å². The summed E-state index contributed by atoms with van der Waals surface area (Å²) in [6.45, 7) is 6.48. The largest absolute Gasteiger partial charge is 0.494 e. The number of amides is 1. The van der Waals surface area contributed by atoms with Gasteiger partial charge in [0.15, 0.2) is 5.43 Å². The Morgan fingerprint density at radius 1 is 1.00 bits per heavy atom. The van der Waals surface area contributed by atoms with Crippen LogP contribution in [0.1, 0.15) is 59.1 Å². The maximum absolute atomic E-state index is 13.8. The Bertz CT molecular complexity index is 1590. The summed E-state index contributed by atoms with van der Waals surface area (Å²) < 4.78 is 52.5. The summed E-state index contributed by atoms with van der Waals surface area (Å²) in [6, 6.07) is 15.5. The number of aryl methyl sites for hydroxylation is 1. The van der Waals surface area contributed by atoms with E-state index in [1.54, 1.807) is 42.5 Å². The second kappa shape index (κ2) is 9.67. The Kier molecular flexibility index (Phi) is 6.51. The fourth-order valence-corrected chi connectivity index (χ4v) is 4.69. The van der Waals surface area contributed by atoms with Gasteiger partial charge in [0, 0.05) is 5.69 Å². The van der Waals surface area contributed by atoms with E-state index in [4.69, 9.17) is 9.15 Å². The molecule has 1 aliphatic rings. The molecule has 0 fully saturated rings. The van der Waals surface area contributed by atoms with Crippen LogP contribution in [0.2, 0.25) is 0 Å². The number of carbonyl (C=O) groups is 1. The van der Waals surface area contributed by atoms with Gasteiger partial charge in [-0.25, -0.2) is 0 Å². The lowest BCUT2D eigenvalue weighted by Gasteiger charge is -2.26. The SMILES string of the molecule is Cc1ccc2oc3c(c(=O)c2c1)C(c1cccc(OCCC(C)C)c1)N(c1cccc(C(F)(F)F)c1)C3=O. The van der Waals surface area contributed by atoms with Crippen LogP contribution in [-0.4, -0.2) is 12.5 Å². The van der Waals surface area contributed by atoms with E-state index >= 15 is 0 Å². The molecule has 0 aliphatic carbocycles. The van der Waals surface area contributed by atoms with Crippen LogP contribution in [0.3, 0.4) is 0 Å². The number of anilines is 1. The highest BCUT2D eigenvalue weighted by Crippen LogP contribution is 2.43. The second-order valence-electron chi connectivity index (χ2n) is 9.90. The first-order chi connectivity index (χ1) is 18.0. The standard InChI is InChI=1S/C30H26F3NO4/c1-17(2)12-13-37-22-9-4-6-19(15-22)26-25-27(35)23-14-18(3)10-11-24(23)38-28(25)29(36)34(26)21-8-5-7-20(16-21)30(31,32)33/h4-11,14-17,26H,12-13H2,1-3H3. The number of ether oxygens (including phenoxy) is 1. The second-order valence-corrected chi connectivity index (χ2v) is 9.90. The van der Waals surface area contributed by atoms with Gasteiger partial charge in [0.05, 0.1) is 29.2 Å². The number of fused-ring (bicyclic) bond motifs is 2. The van der Waals surface area contributed by atoms with E-state index in [1.807, 2.05) is 6.92 Å². The van der Waals surface area contributed by atoms with Crippen molar-refractivity contribution in [2.45, 2.75) is 39.4 Å². The van der Waals surface area contributed by atoms with Crippen LogP contribution in [0.4, 0.5) is 18.9 Å². The molecule has 1 amide bonds. The van der Waals surface area contributed by atoms with Crippen molar-refractivity contribution < 1.29 is 27.1 Å². The zero-order valence-corrected chi connectivity index (χ0v) is 21.1. The number of benzene rings is 3. The summed E-state index contributed by atoms with van der Waals surface area (Å²) in [7, 11) is 0. The summed E-state index contributed by atoms with van der Waals surface area (Å²) in [4.78, 5) is 28.7. The lowest BCUT2D eigenvalue weighted by atomic mass is 9.97. The minimum Gasteiger partial charge on any atom is -0.494 e. The first-order valence-corrected chi connectivity index (χ1v) is 12.4. The maximum Gasteiger partial charge on any atom is 0.416 e. The Labute approximate surface area is 217 Å². The fraction of sp³-hybridized carbons (Fsp3) is 0.267. The molecule has 0 N–H and O–H groups in total. The van der Waals surface area contributed by atoms with Crippen molar-refractivity contribution in [3.05, 3.63) is 105 Å². The number of rotatable bonds is 6. The van der Waals surface area contributed by atoms with Crippen LogP contribution in [0.15, 0.2) is 75.9 Å². The Hall–Kier alpha value is -4.07. The van der Waals surface area contributed by atoms with E-state index in [1.165, 1.54) is 17.0 Å². The lowest BCUT2D eigenvalue weighted by Crippen LogP contribution is -2.29. The number of hydrogen-bond donors (Lipinski definition) is 0. The number of carbonyl (C=O) groups excluding carboxylic acids is 1. The van der Waals surface area contributed by atoms with Crippen LogP contribution in [0.25, 0.3) is 11.0 Å². The van der Waals surface area contributed by atoms with Crippen molar-refractivity contribution in [2.75, 3.05) is 11.5 Å². The highest BCUT2D eigenvalue weighted by molar-refractivity contribution is 6.10. The van der Waals surface area contributed by atoms with Crippen molar-refractivity contribution in [3.8, 4) is 5.75 Å². The van der Waals surface area contributed by atoms with Gasteiger partial charge in [0.2, 0.25) is 5.76 Å². The van der Waals surface area contributed by atoms with E-state index in [9.17, 15) is 22.8 Å². The zero-order chi connectivity index (χ0) is 27.2. The molecule has 1 aliphatic heterocycles. The van der Waals surface area contributed by atoms with Crippen LogP contribution in [-0.2, 0) is 6.18 Å². The molecule has 196 valence electrons. The highest BCUT2D eigenvalue weighted by Gasteiger charge is 2.44. The van der Waals surface area contributed by atoms with Gasteiger partial charge < -0.3 is 9.15 Å². The molecule has 38 heavy (non-hydrogen) atoms. The third-order valence-electron chi connectivity index (χ3n) is 6.62. The molecule has 1 unspecified atom stereocenters. The maximum atomic E-state index is 13.8. The summed E-state index contributed by atoms with van der Waals surface area (Å²) in [5, 5.41) is 0.303. The molecule has 0 saturated heterocycles. The summed E-state index contributed by atoms with van der Waals surface area (Å²) in [5.74, 6) is 0.110. The van der Waals surface area contributed by atoms with Gasteiger partial charge in [0.1, 0.15) is 11.3 Å².